The van der Waals surface area contributed by atoms with Gasteiger partial charge in [-0.05, 0) is 36.4 Å². The molecule has 0 unspecified atom stereocenters. The maximum atomic E-state index is 12.7. The van der Waals surface area contributed by atoms with Crippen molar-refractivity contribution in [1.82, 2.24) is 19.8 Å². The second-order valence-corrected chi connectivity index (χ2v) is 6.49. The largest absolute Gasteiger partial charge is 0.496 e. The number of hydrogen-bond donors (Lipinski definition) is 1. The number of amides is 1. The Labute approximate surface area is 158 Å². The van der Waals surface area contributed by atoms with Crippen molar-refractivity contribution in [2.45, 2.75) is 0 Å². The van der Waals surface area contributed by atoms with Crippen LogP contribution in [0.5, 0.6) is 11.5 Å². The summed E-state index contributed by atoms with van der Waals surface area (Å²) in [5, 5.41) is 15.9. The van der Waals surface area contributed by atoms with E-state index in [0.717, 1.165) is 15.5 Å². The standard InChI is InChI=1S/C18H15N5O3S/c1-25-13-4-3-5-14(26-2)15(13)16(24)20-12-8-6-11(7-9-12)17-22-23-10-19-21-18(23)27-17/h3-10H,1-2H3,(H,20,24). The second kappa shape index (κ2) is 7.04. The van der Waals surface area contributed by atoms with Gasteiger partial charge in [-0.2, -0.15) is 9.61 Å². The Hall–Kier alpha value is -3.46. The van der Waals surface area contributed by atoms with Crippen LogP contribution in [0, 0.1) is 0 Å². The van der Waals surface area contributed by atoms with Crippen LogP contribution in [0.25, 0.3) is 15.5 Å². The maximum Gasteiger partial charge on any atom is 0.263 e. The van der Waals surface area contributed by atoms with E-state index in [9.17, 15) is 4.79 Å². The normalized spacial score (nSPS) is 10.7. The van der Waals surface area contributed by atoms with Crippen LogP contribution >= 0.6 is 11.3 Å². The average molecular weight is 381 g/mol. The Kier molecular flexibility index (Phi) is 4.43. The molecule has 8 nitrogen and oxygen atoms in total. The Morgan fingerprint density at radius 1 is 1.07 bits per heavy atom. The maximum absolute atomic E-state index is 12.7. The van der Waals surface area contributed by atoms with Crippen molar-refractivity contribution in [3.8, 4) is 22.1 Å². The van der Waals surface area contributed by atoms with Gasteiger partial charge in [0.05, 0.1) is 14.2 Å². The zero-order valence-electron chi connectivity index (χ0n) is 14.5. The summed E-state index contributed by atoms with van der Waals surface area (Å²) in [6.07, 6.45) is 1.56. The number of nitrogens with one attached hydrogen (secondary N) is 1. The van der Waals surface area contributed by atoms with Gasteiger partial charge in [0.2, 0.25) is 4.96 Å². The Morgan fingerprint density at radius 2 is 1.78 bits per heavy atom. The zero-order valence-corrected chi connectivity index (χ0v) is 15.4. The van der Waals surface area contributed by atoms with Gasteiger partial charge in [0.15, 0.2) is 0 Å². The van der Waals surface area contributed by atoms with Crippen molar-refractivity contribution >= 4 is 27.9 Å². The van der Waals surface area contributed by atoms with Crippen molar-refractivity contribution in [3.63, 3.8) is 0 Å². The number of rotatable bonds is 5. The van der Waals surface area contributed by atoms with E-state index in [1.54, 1.807) is 29.0 Å². The van der Waals surface area contributed by atoms with E-state index in [2.05, 4.69) is 20.6 Å². The van der Waals surface area contributed by atoms with Crippen LogP contribution in [-0.2, 0) is 0 Å². The minimum atomic E-state index is -0.309. The molecule has 1 N–H and O–H groups in total. The molecule has 0 aliphatic heterocycles. The lowest BCUT2D eigenvalue weighted by molar-refractivity contribution is 0.102. The molecule has 4 aromatic rings. The number of fused-ring (bicyclic) bond motifs is 1. The molecule has 2 aromatic carbocycles. The number of carbonyl (C=O) groups is 1. The van der Waals surface area contributed by atoms with E-state index in [-0.39, 0.29) is 5.91 Å². The third kappa shape index (κ3) is 3.20. The highest BCUT2D eigenvalue weighted by Crippen LogP contribution is 2.30. The molecule has 0 spiro atoms. The van der Waals surface area contributed by atoms with Crippen LogP contribution < -0.4 is 14.8 Å². The number of hydrogen-bond acceptors (Lipinski definition) is 7. The second-order valence-electron chi connectivity index (χ2n) is 5.53. The van der Waals surface area contributed by atoms with Crippen LogP contribution in [0.1, 0.15) is 10.4 Å². The summed E-state index contributed by atoms with van der Waals surface area (Å²) in [5.74, 6) is 0.585. The first-order chi connectivity index (χ1) is 13.2. The number of ether oxygens (including phenoxy) is 2. The Bertz CT molecular complexity index is 1050. The van der Waals surface area contributed by atoms with Crippen LogP contribution in [0.4, 0.5) is 5.69 Å². The van der Waals surface area contributed by atoms with E-state index in [1.165, 1.54) is 25.6 Å². The number of aromatic nitrogens is 4. The molecule has 0 aliphatic rings. The molecule has 0 saturated heterocycles. The number of nitrogens with zero attached hydrogens (tertiary/aromatic N) is 4. The number of anilines is 1. The molecular weight excluding hydrogens is 366 g/mol. The van der Waals surface area contributed by atoms with Crippen LogP contribution in [0.15, 0.2) is 48.8 Å². The first-order valence-corrected chi connectivity index (χ1v) is 8.81. The molecule has 136 valence electrons. The van der Waals surface area contributed by atoms with Gasteiger partial charge < -0.3 is 14.8 Å². The number of methoxy groups -OCH3 is 2. The summed E-state index contributed by atoms with van der Waals surface area (Å²) in [6.45, 7) is 0. The summed E-state index contributed by atoms with van der Waals surface area (Å²) in [4.78, 5) is 13.4. The molecule has 0 aliphatic carbocycles. The molecule has 2 heterocycles. The predicted molar refractivity (Wildman–Crippen MR) is 102 cm³/mol. The fraction of sp³-hybridized carbons (Fsp3) is 0.111. The topological polar surface area (TPSA) is 90.6 Å². The highest BCUT2D eigenvalue weighted by molar-refractivity contribution is 7.19. The van der Waals surface area contributed by atoms with E-state index < -0.39 is 0 Å². The minimum Gasteiger partial charge on any atom is -0.496 e. The smallest absolute Gasteiger partial charge is 0.263 e. The van der Waals surface area contributed by atoms with Crippen molar-refractivity contribution < 1.29 is 14.3 Å². The molecule has 0 fully saturated rings. The van der Waals surface area contributed by atoms with Gasteiger partial charge in [-0.3, -0.25) is 4.79 Å². The van der Waals surface area contributed by atoms with Gasteiger partial charge in [-0.15, -0.1) is 10.2 Å². The van der Waals surface area contributed by atoms with E-state index in [4.69, 9.17) is 9.47 Å². The molecule has 27 heavy (non-hydrogen) atoms. The molecule has 2 aromatic heterocycles. The lowest BCUT2D eigenvalue weighted by atomic mass is 10.1. The van der Waals surface area contributed by atoms with Crippen molar-refractivity contribution in [1.29, 1.82) is 0 Å². The predicted octanol–water partition coefficient (Wildman–Crippen LogP) is 3.12. The summed E-state index contributed by atoms with van der Waals surface area (Å²) in [7, 11) is 3.03. The first-order valence-electron chi connectivity index (χ1n) is 7.99. The molecule has 9 heteroatoms. The summed E-state index contributed by atoms with van der Waals surface area (Å²) >= 11 is 1.44. The molecule has 0 saturated carbocycles. The highest BCUT2D eigenvalue weighted by atomic mass is 32.1. The lowest BCUT2D eigenvalue weighted by Gasteiger charge is -2.13. The van der Waals surface area contributed by atoms with Gasteiger partial charge >= 0.3 is 0 Å². The third-order valence-corrected chi connectivity index (χ3v) is 4.89. The van der Waals surface area contributed by atoms with Gasteiger partial charge in [-0.25, -0.2) is 0 Å². The van der Waals surface area contributed by atoms with Gasteiger partial charge in [0.25, 0.3) is 5.91 Å². The summed E-state index contributed by atoms with van der Waals surface area (Å²) in [5.41, 5.74) is 1.93. The average Bonchev–Trinajstić information content (AvgIpc) is 3.30. The van der Waals surface area contributed by atoms with Crippen molar-refractivity contribution in [3.05, 3.63) is 54.4 Å². The fourth-order valence-electron chi connectivity index (χ4n) is 2.64. The van der Waals surface area contributed by atoms with Gasteiger partial charge in [0, 0.05) is 11.3 Å². The third-order valence-electron chi connectivity index (χ3n) is 3.93. The van der Waals surface area contributed by atoms with Crippen molar-refractivity contribution in [2.75, 3.05) is 19.5 Å². The van der Waals surface area contributed by atoms with Gasteiger partial charge in [-0.1, -0.05) is 17.4 Å². The van der Waals surface area contributed by atoms with E-state index in [0.29, 0.717) is 22.7 Å². The first kappa shape index (κ1) is 17.0. The SMILES string of the molecule is COc1cccc(OC)c1C(=O)Nc1ccc(-c2nn3cnnc3s2)cc1. The quantitative estimate of drug-likeness (QED) is 0.571. The van der Waals surface area contributed by atoms with Crippen LogP contribution in [-0.4, -0.2) is 39.9 Å². The molecule has 0 bridgehead atoms. The molecule has 1 amide bonds. The summed E-state index contributed by atoms with van der Waals surface area (Å²) < 4.78 is 12.2. The van der Waals surface area contributed by atoms with Crippen LogP contribution in [0.2, 0.25) is 0 Å². The molecule has 4 rings (SSSR count). The molecule has 0 radical (unpaired) electrons. The number of benzene rings is 2. The monoisotopic (exact) mass is 381 g/mol. The summed E-state index contributed by atoms with van der Waals surface area (Å²) in [6, 6.07) is 12.6. The molecule has 0 atom stereocenters. The van der Waals surface area contributed by atoms with E-state index >= 15 is 0 Å². The Balaban J connectivity index is 1.57. The highest BCUT2D eigenvalue weighted by Gasteiger charge is 2.18. The lowest BCUT2D eigenvalue weighted by Crippen LogP contribution is -2.14. The fourth-order valence-corrected chi connectivity index (χ4v) is 3.47. The number of carbonyl (C=O) groups excluding carboxylic acids is 1. The van der Waals surface area contributed by atoms with E-state index in [1.807, 2.05) is 24.3 Å². The Morgan fingerprint density at radius 3 is 2.41 bits per heavy atom. The molecular formula is C18H15N5O3S. The van der Waals surface area contributed by atoms with Gasteiger partial charge in [0.1, 0.15) is 28.4 Å². The zero-order chi connectivity index (χ0) is 18.8. The minimum absolute atomic E-state index is 0.309. The van der Waals surface area contributed by atoms with Crippen LogP contribution in [0.3, 0.4) is 0 Å². The van der Waals surface area contributed by atoms with Crippen molar-refractivity contribution in [2.24, 2.45) is 0 Å².